The van der Waals surface area contributed by atoms with Crippen LogP contribution >= 0.6 is 11.3 Å². The molecule has 9 nitrogen and oxygen atoms in total. The first-order valence-electron chi connectivity index (χ1n) is 8.58. The van der Waals surface area contributed by atoms with Gasteiger partial charge in [0.25, 0.3) is 15.9 Å². The third kappa shape index (κ3) is 5.13. The van der Waals surface area contributed by atoms with Crippen LogP contribution in [0.25, 0.3) is 0 Å². The molecule has 0 unspecified atom stereocenters. The molecule has 0 aliphatic rings. The Hall–Kier alpha value is -3.44. The van der Waals surface area contributed by atoms with E-state index in [2.05, 4.69) is 15.0 Å². The number of carbonyl (C=O) groups excluding carboxylic acids is 2. The smallest absolute Gasteiger partial charge is 0.263 e. The number of para-hydroxylation sites is 1. The summed E-state index contributed by atoms with van der Waals surface area (Å²) in [6.45, 7) is 0. The Labute approximate surface area is 177 Å². The molecule has 0 aliphatic carbocycles. The highest BCUT2D eigenvalue weighted by Gasteiger charge is 2.17. The Morgan fingerprint density at radius 2 is 1.83 bits per heavy atom. The molecule has 2 amide bonds. The van der Waals surface area contributed by atoms with Crippen molar-refractivity contribution < 1.29 is 22.7 Å². The quantitative estimate of drug-likeness (QED) is 0.485. The van der Waals surface area contributed by atoms with Gasteiger partial charge in [-0.3, -0.25) is 14.3 Å². The molecule has 1 aromatic heterocycles. The first-order chi connectivity index (χ1) is 14.3. The van der Waals surface area contributed by atoms with E-state index in [-0.39, 0.29) is 22.0 Å². The number of benzene rings is 2. The molecule has 0 bridgehead atoms. The Bertz CT molecular complexity index is 1170. The fraction of sp³-hybridized carbons (Fsp3) is 0.105. The van der Waals surface area contributed by atoms with Crippen LogP contribution in [0.1, 0.15) is 16.1 Å². The second-order valence-corrected chi connectivity index (χ2v) is 8.60. The van der Waals surface area contributed by atoms with Gasteiger partial charge in [-0.1, -0.05) is 12.1 Å². The minimum absolute atomic E-state index is 0.0563. The van der Waals surface area contributed by atoms with E-state index in [1.54, 1.807) is 23.6 Å². The molecule has 4 N–H and O–H groups in total. The van der Waals surface area contributed by atoms with E-state index in [1.807, 2.05) is 0 Å². The van der Waals surface area contributed by atoms with Crippen molar-refractivity contribution in [3.05, 3.63) is 65.2 Å². The Kier molecular flexibility index (Phi) is 6.33. The fourth-order valence-electron chi connectivity index (χ4n) is 2.53. The van der Waals surface area contributed by atoms with Gasteiger partial charge < -0.3 is 15.8 Å². The van der Waals surface area contributed by atoms with Crippen molar-refractivity contribution in [3.63, 3.8) is 0 Å². The number of ether oxygens (including phenoxy) is 1. The number of methoxy groups -OCH3 is 1. The summed E-state index contributed by atoms with van der Waals surface area (Å²) in [6, 6.07) is 12.3. The molecule has 30 heavy (non-hydrogen) atoms. The summed E-state index contributed by atoms with van der Waals surface area (Å²) < 4.78 is 32.3. The largest absolute Gasteiger partial charge is 0.497 e. The fourth-order valence-corrected chi connectivity index (χ4v) is 4.49. The number of hydrogen-bond acceptors (Lipinski definition) is 7. The maximum atomic E-state index is 12.5. The molecule has 0 aliphatic heterocycles. The number of nitrogens with two attached hydrogens (primary N) is 1. The number of nitrogens with zero attached hydrogens (tertiary/aromatic N) is 1. The summed E-state index contributed by atoms with van der Waals surface area (Å²) in [5, 5.41) is 4.31. The summed E-state index contributed by atoms with van der Waals surface area (Å²) in [5.74, 6) is -0.539. The highest BCUT2D eigenvalue weighted by molar-refractivity contribution is 7.93. The van der Waals surface area contributed by atoms with Crippen molar-refractivity contribution in [1.29, 1.82) is 0 Å². The summed E-state index contributed by atoms with van der Waals surface area (Å²) in [5.41, 5.74) is 6.16. The van der Waals surface area contributed by atoms with E-state index in [0.717, 1.165) is 11.3 Å². The first kappa shape index (κ1) is 21.3. The van der Waals surface area contributed by atoms with Crippen LogP contribution in [-0.2, 0) is 21.2 Å². The van der Waals surface area contributed by atoms with E-state index in [4.69, 9.17) is 10.5 Å². The lowest BCUT2D eigenvalue weighted by atomic mass is 10.1. The van der Waals surface area contributed by atoms with Crippen LogP contribution in [0.15, 0.2) is 58.8 Å². The molecule has 0 spiro atoms. The van der Waals surface area contributed by atoms with Gasteiger partial charge in [0.05, 0.1) is 35.4 Å². The van der Waals surface area contributed by atoms with Crippen LogP contribution in [-0.4, -0.2) is 32.3 Å². The Morgan fingerprint density at radius 1 is 1.13 bits per heavy atom. The van der Waals surface area contributed by atoms with E-state index >= 15 is 0 Å². The zero-order valence-electron chi connectivity index (χ0n) is 15.8. The van der Waals surface area contributed by atoms with E-state index in [0.29, 0.717) is 17.1 Å². The zero-order valence-corrected chi connectivity index (χ0v) is 17.4. The summed E-state index contributed by atoms with van der Waals surface area (Å²) in [6.07, 6.45) is -0.103. The molecule has 156 valence electrons. The normalized spacial score (nSPS) is 11.0. The van der Waals surface area contributed by atoms with Gasteiger partial charge >= 0.3 is 0 Å². The number of aromatic nitrogens is 1. The monoisotopic (exact) mass is 446 g/mol. The number of thiazole rings is 1. The van der Waals surface area contributed by atoms with Crippen molar-refractivity contribution in [3.8, 4) is 5.75 Å². The van der Waals surface area contributed by atoms with Gasteiger partial charge in [-0.05, 0) is 36.4 Å². The molecule has 0 radical (unpaired) electrons. The molecule has 1 heterocycles. The lowest BCUT2D eigenvalue weighted by Gasteiger charge is -2.08. The zero-order chi connectivity index (χ0) is 21.7. The number of anilines is 2. The standard InChI is InChI=1S/C19H18N4O5S2/c1-28-13-6-8-14(9-7-13)30(26,27)23-19-21-12(11-29-19)10-17(24)22-16-5-3-2-4-15(16)18(20)25/h2-9,11H,10H2,1H3,(H2,20,25)(H,21,23)(H,22,24). The van der Waals surface area contributed by atoms with Crippen molar-refractivity contribution in [2.45, 2.75) is 11.3 Å². The maximum absolute atomic E-state index is 12.5. The van der Waals surface area contributed by atoms with Crippen molar-refractivity contribution in [2.24, 2.45) is 5.73 Å². The van der Waals surface area contributed by atoms with Gasteiger partial charge in [0.15, 0.2) is 5.13 Å². The average Bonchev–Trinajstić information content (AvgIpc) is 3.14. The number of primary amides is 1. The minimum atomic E-state index is -3.83. The third-order valence-electron chi connectivity index (χ3n) is 3.95. The van der Waals surface area contributed by atoms with Gasteiger partial charge in [-0.25, -0.2) is 13.4 Å². The van der Waals surface area contributed by atoms with E-state index in [1.165, 1.54) is 37.4 Å². The molecule has 11 heteroatoms. The molecular weight excluding hydrogens is 428 g/mol. The van der Waals surface area contributed by atoms with E-state index < -0.39 is 21.8 Å². The van der Waals surface area contributed by atoms with Gasteiger partial charge in [0.1, 0.15) is 5.75 Å². The van der Waals surface area contributed by atoms with Crippen LogP contribution in [0.4, 0.5) is 10.8 Å². The lowest BCUT2D eigenvalue weighted by molar-refractivity contribution is -0.115. The van der Waals surface area contributed by atoms with Gasteiger partial charge in [0, 0.05) is 5.38 Å². The summed E-state index contributed by atoms with van der Waals surface area (Å²) in [4.78, 5) is 27.9. The summed E-state index contributed by atoms with van der Waals surface area (Å²) >= 11 is 1.05. The van der Waals surface area contributed by atoms with Gasteiger partial charge in [-0.2, -0.15) is 0 Å². The van der Waals surface area contributed by atoms with Crippen molar-refractivity contribution in [1.82, 2.24) is 4.98 Å². The molecule has 0 saturated heterocycles. The van der Waals surface area contributed by atoms with Crippen LogP contribution in [0.5, 0.6) is 5.75 Å². The SMILES string of the molecule is COc1ccc(S(=O)(=O)Nc2nc(CC(=O)Nc3ccccc3C(N)=O)cs2)cc1. The van der Waals surface area contributed by atoms with Crippen LogP contribution in [0, 0.1) is 0 Å². The van der Waals surface area contributed by atoms with Crippen LogP contribution < -0.4 is 20.5 Å². The number of hydrogen-bond donors (Lipinski definition) is 3. The Balaban J connectivity index is 1.66. The topological polar surface area (TPSA) is 140 Å². The predicted molar refractivity (Wildman–Crippen MR) is 113 cm³/mol. The molecule has 2 aromatic carbocycles. The number of amides is 2. The molecule has 3 aromatic rings. The highest BCUT2D eigenvalue weighted by Crippen LogP contribution is 2.22. The molecular formula is C19H18N4O5S2. The average molecular weight is 447 g/mol. The number of nitrogens with one attached hydrogen (secondary N) is 2. The predicted octanol–water partition coefficient (Wildman–Crippen LogP) is 2.23. The second-order valence-electron chi connectivity index (χ2n) is 6.06. The second kappa shape index (κ2) is 8.93. The van der Waals surface area contributed by atoms with Crippen LogP contribution in [0.2, 0.25) is 0 Å². The van der Waals surface area contributed by atoms with Crippen molar-refractivity contribution >= 4 is 44.0 Å². The number of rotatable bonds is 8. The molecule has 3 rings (SSSR count). The van der Waals surface area contributed by atoms with Gasteiger partial charge in [0.2, 0.25) is 5.91 Å². The summed E-state index contributed by atoms with van der Waals surface area (Å²) in [7, 11) is -2.34. The highest BCUT2D eigenvalue weighted by atomic mass is 32.2. The molecule has 0 fully saturated rings. The first-order valence-corrected chi connectivity index (χ1v) is 10.9. The molecule has 0 atom stereocenters. The Morgan fingerprint density at radius 3 is 2.50 bits per heavy atom. The number of sulfonamides is 1. The number of carbonyl (C=O) groups is 2. The lowest BCUT2D eigenvalue weighted by Crippen LogP contribution is -2.19. The minimum Gasteiger partial charge on any atom is -0.497 e. The third-order valence-corrected chi connectivity index (χ3v) is 6.24. The van der Waals surface area contributed by atoms with Gasteiger partial charge in [-0.15, -0.1) is 11.3 Å². The maximum Gasteiger partial charge on any atom is 0.263 e. The van der Waals surface area contributed by atoms with E-state index in [9.17, 15) is 18.0 Å². The molecule has 0 saturated carbocycles. The van der Waals surface area contributed by atoms with Crippen molar-refractivity contribution in [2.75, 3.05) is 17.1 Å². The van der Waals surface area contributed by atoms with Crippen LogP contribution in [0.3, 0.4) is 0 Å².